The number of carbonyl (C=O) groups excluding carboxylic acids is 2. The number of anilines is 1. The number of hydrogen-bond acceptors (Lipinski definition) is 4. The molecule has 11 heteroatoms. The molecule has 0 aliphatic heterocycles. The van der Waals surface area contributed by atoms with E-state index in [2.05, 4.69) is 5.32 Å². The highest BCUT2D eigenvalue weighted by Gasteiger charge is 2.33. The Hall–Kier alpha value is -3.14. The molecule has 1 N–H and O–H groups in total. The van der Waals surface area contributed by atoms with Gasteiger partial charge in [-0.3, -0.25) is 13.9 Å². The van der Waals surface area contributed by atoms with Gasteiger partial charge in [-0.1, -0.05) is 60.5 Å². The van der Waals surface area contributed by atoms with E-state index in [0.29, 0.717) is 12.1 Å². The molecule has 0 heterocycles. The van der Waals surface area contributed by atoms with Gasteiger partial charge in [-0.15, -0.1) is 0 Å². The van der Waals surface area contributed by atoms with Crippen molar-refractivity contribution in [2.24, 2.45) is 0 Å². The van der Waals surface area contributed by atoms with Crippen LogP contribution < -0.4 is 9.62 Å². The van der Waals surface area contributed by atoms with Crippen molar-refractivity contribution in [1.82, 2.24) is 10.2 Å². The number of carbonyl (C=O) groups is 2. The minimum absolute atomic E-state index is 0.0280. The summed E-state index contributed by atoms with van der Waals surface area (Å²) in [6.45, 7) is 3.21. The number of likely N-dealkylation sites (N-methyl/N-ethyl adjacent to an activating group) is 1. The Morgan fingerprint density at radius 2 is 1.61 bits per heavy atom. The van der Waals surface area contributed by atoms with Gasteiger partial charge in [0.05, 0.1) is 20.6 Å². The summed E-state index contributed by atoms with van der Waals surface area (Å²) in [6, 6.07) is 16.6. The van der Waals surface area contributed by atoms with Gasteiger partial charge in [0.1, 0.15) is 18.4 Å². The maximum atomic E-state index is 13.8. The molecule has 0 aliphatic carbocycles. The molecule has 3 aromatic rings. The zero-order valence-corrected chi connectivity index (χ0v) is 23.2. The zero-order valence-electron chi connectivity index (χ0n) is 20.9. The summed E-state index contributed by atoms with van der Waals surface area (Å²) in [6.07, 6.45) is 0.275. The number of nitrogens with one attached hydrogen (secondary N) is 1. The minimum Gasteiger partial charge on any atom is -0.355 e. The van der Waals surface area contributed by atoms with E-state index < -0.39 is 34.3 Å². The second kappa shape index (κ2) is 13.1. The average molecular weight is 581 g/mol. The first-order valence-corrected chi connectivity index (χ1v) is 14.1. The van der Waals surface area contributed by atoms with Crippen LogP contribution in [-0.2, 0) is 26.2 Å². The largest absolute Gasteiger partial charge is 0.355 e. The van der Waals surface area contributed by atoms with E-state index in [1.54, 1.807) is 32.0 Å². The fourth-order valence-corrected chi connectivity index (χ4v) is 5.61. The molecular formula is C27H28Cl2FN3O4S. The van der Waals surface area contributed by atoms with Crippen molar-refractivity contribution in [3.63, 3.8) is 0 Å². The molecule has 0 bridgehead atoms. The van der Waals surface area contributed by atoms with Crippen molar-refractivity contribution in [3.8, 4) is 0 Å². The minimum atomic E-state index is -4.22. The van der Waals surface area contributed by atoms with Gasteiger partial charge in [-0.2, -0.15) is 0 Å². The number of hydrogen-bond donors (Lipinski definition) is 1. The molecule has 0 aromatic heterocycles. The maximum Gasteiger partial charge on any atom is 0.264 e. The molecule has 3 aromatic carbocycles. The zero-order chi connectivity index (χ0) is 27.9. The third kappa shape index (κ3) is 7.03. The summed E-state index contributed by atoms with van der Waals surface area (Å²) in [7, 11) is -4.22. The van der Waals surface area contributed by atoms with Crippen LogP contribution in [0.25, 0.3) is 0 Å². The van der Waals surface area contributed by atoms with Gasteiger partial charge in [0.25, 0.3) is 10.0 Å². The van der Waals surface area contributed by atoms with E-state index >= 15 is 0 Å². The Balaban J connectivity index is 2.06. The van der Waals surface area contributed by atoms with Crippen molar-refractivity contribution in [2.75, 3.05) is 17.4 Å². The van der Waals surface area contributed by atoms with E-state index in [1.165, 1.54) is 59.5 Å². The summed E-state index contributed by atoms with van der Waals surface area (Å²) in [5.41, 5.74) is 0.707. The second-order valence-electron chi connectivity index (χ2n) is 8.39. The van der Waals surface area contributed by atoms with E-state index in [4.69, 9.17) is 23.2 Å². The van der Waals surface area contributed by atoms with Crippen LogP contribution in [0.2, 0.25) is 10.0 Å². The van der Waals surface area contributed by atoms with Crippen LogP contribution in [0, 0.1) is 5.82 Å². The number of benzene rings is 3. The van der Waals surface area contributed by atoms with Crippen molar-refractivity contribution < 1.29 is 22.4 Å². The van der Waals surface area contributed by atoms with Crippen LogP contribution in [0.4, 0.5) is 10.1 Å². The first-order chi connectivity index (χ1) is 18.1. The molecule has 0 aliphatic rings. The first-order valence-electron chi connectivity index (χ1n) is 11.9. The lowest BCUT2D eigenvalue weighted by Crippen LogP contribution is -2.52. The second-order valence-corrected chi connectivity index (χ2v) is 11.1. The summed E-state index contributed by atoms with van der Waals surface area (Å²) >= 11 is 12.2. The Kier molecular flexibility index (Phi) is 10.1. The molecule has 1 atom stereocenters. The van der Waals surface area contributed by atoms with E-state index in [-0.39, 0.29) is 39.5 Å². The molecule has 0 fully saturated rings. The Morgan fingerprint density at radius 1 is 0.947 bits per heavy atom. The Morgan fingerprint density at radius 3 is 2.18 bits per heavy atom. The van der Waals surface area contributed by atoms with Gasteiger partial charge in [0, 0.05) is 13.1 Å². The van der Waals surface area contributed by atoms with Crippen LogP contribution in [0.3, 0.4) is 0 Å². The highest BCUT2D eigenvalue weighted by atomic mass is 35.5. The fourth-order valence-electron chi connectivity index (χ4n) is 3.89. The van der Waals surface area contributed by atoms with Crippen molar-refractivity contribution >= 4 is 50.7 Å². The lowest BCUT2D eigenvalue weighted by Gasteiger charge is -2.33. The van der Waals surface area contributed by atoms with Crippen molar-refractivity contribution in [3.05, 3.63) is 94.2 Å². The molecule has 7 nitrogen and oxygen atoms in total. The summed E-state index contributed by atoms with van der Waals surface area (Å²) in [5.74, 6) is -1.45. The maximum absolute atomic E-state index is 13.8. The van der Waals surface area contributed by atoms with Crippen LogP contribution in [0.15, 0.2) is 77.7 Å². The highest BCUT2D eigenvalue weighted by molar-refractivity contribution is 7.92. The summed E-state index contributed by atoms with van der Waals surface area (Å²) in [4.78, 5) is 28.0. The van der Waals surface area contributed by atoms with Gasteiger partial charge in [0.15, 0.2) is 0 Å². The highest BCUT2D eigenvalue weighted by Crippen LogP contribution is 2.31. The number of rotatable bonds is 11. The molecule has 0 saturated heterocycles. The number of sulfonamides is 1. The van der Waals surface area contributed by atoms with E-state index in [9.17, 15) is 22.4 Å². The molecule has 38 heavy (non-hydrogen) atoms. The Labute approximate surface area is 232 Å². The molecule has 0 radical (unpaired) electrons. The SMILES string of the molecule is CCNC(=O)C(CC)N(Cc1ccc(F)cc1)C(=O)CN(c1ccc(Cl)c(Cl)c1)S(=O)(=O)c1ccccc1. The lowest BCUT2D eigenvalue weighted by molar-refractivity contribution is -0.140. The molecule has 202 valence electrons. The summed E-state index contributed by atoms with van der Waals surface area (Å²) < 4.78 is 41.9. The predicted molar refractivity (Wildman–Crippen MR) is 147 cm³/mol. The molecule has 0 spiro atoms. The van der Waals surface area contributed by atoms with Gasteiger partial charge < -0.3 is 10.2 Å². The molecule has 0 saturated carbocycles. The van der Waals surface area contributed by atoms with Crippen molar-refractivity contribution in [2.45, 2.75) is 37.8 Å². The van der Waals surface area contributed by atoms with Crippen LogP contribution in [0.5, 0.6) is 0 Å². The van der Waals surface area contributed by atoms with Crippen LogP contribution >= 0.6 is 23.2 Å². The topological polar surface area (TPSA) is 86.8 Å². The summed E-state index contributed by atoms with van der Waals surface area (Å²) in [5, 5.41) is 3.06. The standard InChI is InChI=1S/C27H28Cl2FN3O4S/c1-3-25(27(35)31-4-2)32(17-19-10-12-20(30)13-11-19)26(34)18-33(21-14-15-23(28)24(29)16-21)38(36,37)22-8-6-5-7-9-22/h5-16,25H,3-4,17-18H2,1-2H3,(H,31,35). The first kappa shape index (κ1) is 29.4. The van der Waals surface area contributed by atoms with E-state index in [1.807, 2.05) is 0 Å². The number of halogens is 3. The van der Waals surface area contributed by atoms with Crippen molar-refractivity contribution in [1.29, 1.82) is 0 Å². The smallest absolute Gasteiger partial charge is 0.264 e. The molecular weight excluding hydrogens is 552 g/mol. The molecule has 2 amide bonds. The fraction of sp³-hybridized carbons (Fsp3) is 0.259. The molecule has 1 unspecified atom stereocenters. The number of amides is 2. The average Bonchev–Trinajstić information content (AvgIpc) is 2.90. The van der Waals surface area contributed by atoms with Gasteiger partial charge in [-0.05, 0) is 61.4 Å². The van der Waals surface area contributed by atoms with E-state index in [0.717, 1.165) is 4.31 Å². The van der Waals surface area contributed by atoms with Crippen LogP contribution in [0.1, 0.15) is 25.8 Å². The third-order valence-electron chi connectivity index (χ3n) is 5.80. The Bertz CT molecular complexity index is 1370. The molecule has 3 rings (SSSR count). The van der Waals surface area contributed by atoms with Gasteiger partial charge in [0.2, 0.25) is 11.8 Å². The third-order valence-corrected chi connectivity index (χ3v) is 8.33. The predicted octanol–water partition coefficient (Wildman–Crippen LogP) is 5.27. The number of nitrogens with zero attached hydrogens (tertiary/aromatic N) is 2. The van der Waals surface area contributed by atoms with Gasteiger partial charge >= 0.3 is 0 Å². The van der Waals surface area contributed by atoms with Crippen LogP contribution in [-0.4, -0.2) is 44.3 Å². The lowest BCUT2D eigenvalue weighted by atomic mass is 10.1. The monoisotopic (exact) mass is 579 g/mol. The van der Waals surface area contributed by atoms with Gasteiger partial charge in [-0.25, -0.2) is 12.8 Å². The normalized spacial score (nSPS) is 12.0. The quantitative estimate of drug-likeness (QED) is 0.335.